The lowest BCUT2D eigenvalue weighted by Crippen LogP contribution is -2.53. The van der Waals surface area contributed by atoms with Crippen molar-refractivity contribution in [2.24, 2.45) is 10.9 Å². The van der Waals surface area contributed by atoms with E-state index in [2.05, 4.69) is 42.2 Å². The van der Waals surface area contributed by atoms with E-state index in [1.807, 2.05) is 13.0 Å². The molecule has 9 heteroatoms. The average molecular weight is 406 g/mol. The summed E-state index contributed by atoms with van der Waals surface area (Å²) in [7, 11) is 0. The summed E-state index contributed by atoms with van der Waals surface area (Å²) < 4.78 is 1.73. The third kappa shape index (κ3) is 3.55. The van der Waals surface area contributed by atoms with Crippen molar-refractivity contribution in [1.29, 1.82) is 0 Å². The second kappa shape index (κ2) is 7.89. The molecule has 30 heavy (non-hydrogen) atoms. The molecule has 2 aromatic heterocycles. The number of nitrogens with zero attached hydrogens (tertiary/aromatic N) is 7. The highest BCUT2D eigenvalue weighted by Crippen LogP contribution is 2.34. The van der Waals surface area contributed by atoms with Crippen molar-refractivity contribution in [2.75, 3.05) is 36.4 Å². The maximum Gasteiger partial charge on any atom is 0.256 e. The van der Waals surface area contributed by atoms with Crippen LogP contribution in [0.3, 0.4) is 0 Å². The Morgan fingerprint density at radius 2 is 1.83 bits per heavy atom. The van der Waals surface area contributed by atoms with Crippen molar-refractivity contribution >= 4 is 17.9 Å². The van der Waals surface area contributed by atoms with Gasteiger partial charge in [-0.1, -0.05) is 12.2 Å². The van der Waals surface area contributed by atoms with Crippen LogP contribution in [0.25, 0.3) is 0 Å². The molecule has 1 saturated heterocycles. The van der Waals surface area contributed by atoms with Crippen molar-refractivity contribution in [3.63, 3.8) is 0 Å². The van der Waals surface area contributed by atoms with Crippen LogP contribution in [0.4, 0.5) is 11.9 Å². The molecule has 4 heterocycles. The fourth-order valence-electron chi connectivity index (χ4n) is 4.40. The summed E-state index contributed by atoms with van der Waals surface area (Å²) in [4.78, 5) is 35.6. The Balaban J connectivity index is 1.40. The number of guanidine groups is 1. The molecule has 2 atom stereocenters. The lowest BCUT2D eigenvalue weighted by Gasteiger charge is -2.39. The molecule has 0 radical (unpaired) electrons. The van der Waals surface area contributed by atoms with Crippen LogP contribution >= 0.6 is 0 Å². The average Bonchev–Trinajstić information content (AvgIpc) is 2.79. The maximum atomic E-state index is 12.8. The summed E-state index contributed by atoms with van der Waals surface area (Å²) in [5.74, 6) is 2.46. The van der Waals surface area contributed by atoms with Gasteiger partial charge in [0.05, 0.1) is 0 Å². The molecule has 0 aromatic carbocycles. The Morgan fingerprint density at radius 1 is 1.07 bits per heavy atom. The normalized spacial score (nSPS) is 23.6. The second-order valence-corrected chi connectivity index (χ2v) is 7.99. The molecule has 0 saturated carbocycles. The predicted molar refractivity (Wildman–Crippen MR) is 116 cm³/mol. The second-order valence-electron chi connectivity index (χ2n) is 7.99. The van der Waals surface area contributed by atoms with Gasteiger partial charge in [0.1, 0.15) is 6.17 Å². The van der Waals surface area contributed by atoms with Crippen LogP contribution in [0.1, 0.15) is 31.1 Å². The molecule has 5 rings (SSSR count). The summed E-state index contributed by atoms with van der Waals surface area (Å²) in [5, 5.41) is 3.33. The fraction of sp³-hybridized carbons (Fsp3) is 0.476. The summed E-state index contributed by atoms with van der Waals surface area (Å²) in [6.45, 7) is 5.09. The van der Waals surface area contributed by atoms with Gasteiger partial charge in [-0.25, -0.2) is 19.9 Å². The monoisotopic (exact) mass is 406 g/mol. The van der Waals surface area contributed by atoms with Gasteiger partial charge < -0.3 is 9.80 Å². The number of piperazine rings is 1. The molecule has 0 amide bonds. The Bertz CT molecular complexity index is 1020. The van der Waals surface area contributed by atoms with Gasteiger partial charge in [0.2, 0.25) is 17.9 Å². The summed E-state index contributed by atoms with van der Waals surface area (Å²) in [6, 6.07) is 3.42. The van der Waals surface area contributed by atoms with Crippen LogP contribution in [0.2, 0.25) is 0 Å². The molecular weight excluding hydrogens is 380 g/mol. The summed E-state index contributed by atoms with van der Waals surface area (Å²) in [5.41, 5.74) is 0.673. The van der Waals surface area contributed by atoms with Crippen LogP contribution in [0.15, 0.2) is 46.5 Å². The van der Waals surface area contributed by atoms with E-state index in [4.69, 9.17) is 4.99 Å². The number of allylic oxidation sites excluding steroid dienone is 2. The highest BCUT2D eigenvalue weighted by molar-refractivity contribution is 5.93. The molecule has 156 valence electrons. The zero-order valence-corrected chi connectivity index (χ0v) is 17.1. The molecule has 3 aliphatic rings. The van der Waals surface area contributed by atoms with E-state index in [-0.39, 0.29) is 11.7 Å². The Labute approximate surface area is 175 Å². The maximum absolute atomic E-state index is 12.8. The van der Waals surface area contributed by atoms with Gasteiger partial charge in [0.25, 0.3) is 5.56 Å². The van der Waals surface area contributed by atoms with E-state index >= 15 is 0 Å². The zero-order chi connectivity index (χ0) is 20.5. The van der Waals surface area contributed by atoms with Gasteiger partial charge in [-0.05, 0) is 32.3 Å². The number of hydrogen-bond acceptors (Lipinski definition) is 8. The number of aliphatic imine (C=N–C) groups is 1. The molecule has 0 unspecified atom stereocenters. The third-order valence-corrected chi connectivity index (χ3v) is 5.97. The van der Waals surface area contributed by atoms with Gasteiger partial charge >= 0.3 is 0 Å². The topological polar surface area (TPSA) is 91.5 Å². The number of aryl methyl sites for hydroxylation is 1. The number of nitrogens with one attached hydrogen (secondary N) is 1. The molecule has 1 fully saturated rings. The number of rotatable bonds is 2. The van der Waals surface area contributed by atoms with Crippen molar-refractivity contribution in [2.45, 2.75) is 32.4 Å². The van der Waals surface area contributed by atoms with Gasteiger partial charge in [0, 0.05) is 56.3 Å². The molecule has 1 N–H and O–H groups in total. The Hall–Kier alpha value is -3.23. The first-order valence-corrected chi connectivity index (χ1v) is 10.6. The van der Waals surface area contributed by atoms with Crippen molar-refractivity contribution in [3.05, 3.63) is 52.7 Å². The van der Waals surface area contributed by atoms with E-state index in [1.165, 1.54) is 0 Å². The number of fused-ring (bicyclic) bond motifs is 1. The first-order valence-electron chi connectivity index (χ1n) is 10.6. The van der Waals surface area contributed by atoms with E-state index in [9.17, 15) is 4.79 Å². The van der Waals surface area contributed by atoms with Crippen molar-refractivity contribution in [1.82, 2.24) is 24.4 Å². The molecule has 0 spiro atoms. The van der Waals surface area contributed by atoms with Crippen LogP contribution in [-0.2, 0) is 0 Å². The minimum absolute atomic E-state index is 0.0431. The quantitative estimate of drug-likeness (QED) is 0.761. The summed E-state index contributed by atoms with van der Waals surface area (Å²) in [6.07, 6.45) is 10.7. The first kappa shape index (κ1) is 18.8. The third-order valence-electron chi connectivity index (χ3n) is 5.97. The largest absolute Gasteiger partial charge is 0.339 e. The standard InChI is InChI=1S/C21H26N8O/c1-15-14-17(30)29-18(16-6-3-2-4-7-16)25-20(26-21(29)24-15)28-12-10-27(11-13-28)19-22-8-5-9-23-19/h2-3,5,8-9,14,16,18H,4,6-7,10-13H2,1H3,(H,24,25,26)/t16-,18-/m0/s1. The van der Waals surface area contributed by atoms with Crippen LogP contribution in [0.5, 0.6) is 0 Å². The van der Waals surface area contributed by atoms with E-state index in [0.29, 0.717) is 17.6 Å². The number of aromatic nitrogens is 4. The summed E-state index contributed by atoms with van der Waals surface area (Å²) >= 11 is 0. The van der Waals surface area contributed by atoms with Gasteiger partial charge in [-0.15, -0.1) is 0 Å². The van der Waals surface area contributed by atoms with Gasteiger partial charge in [0.15, 0.2) is 0 Å². The van der Waals surface area contributed by atoms with Crippen molar-refractivity contribution < 1.29 is 0 Å². The first-order chi connectivity index (χ1) is 14.7. The highest BCUT2D eigenvalue weighted by Gasteiger charge is 2.33. The predicted octanol–water partition coefficient (Wildman–Crippen LogP) is 1.80. The van der Waals surface area contributed by atoms with E-state index in [1.54, 1.807) is 23.0 Å². The lowest BCUT2D eigenvalue weighted by molar-refractivity contribution is 0.296. The minimum Gasteiger partial charge on any atom is -0.339 e. The smallest absolute Gasteiger partial charge is 0.256 e. The van der Waals surface area contributed by atoms with Crippen LogP contribution < -0.4 is 15.8 Å². The highest BCUT2D eigenvalue weighted by atomic mass is 16.1. The van der Waals surface area contributed by atoms with E-state index in [0.717, 1.165) is 57.3 Å². The minimum atomic E-state index is -0.225. The Morgan fingerprint density at radius 3 is 2.57 bits per heavy atom. The van der Waals surface area contributed by atoms with Crippen LogP contribution in [-0.4, -0.2) is 56.6 Å². The Kier molecular flexibility index (Phi) is 4.94. The molecule has 2 aliphatic heterocycles. The molecule has 2 aromatic rings. The van der Waals surface area contributed by atoms with Gasteiger partial charge in [-0.3, -0.25) is 14.7 Å². The SMILES string of the molecule is Cc1cc(=O)n2c(n1)NC(N1CCN(c3ncccn3)CC1)=N[C@@H]2[C@H]1CC=CCC1. The molecular formula is C21H26N8O. The van der Waals surface area contributed by atoms with Gasteiger partial charge in [-0.2, -0.15) is 0 Å². The van der Waals surface area contributed by atoms with Crippen molar-refractivity contribution in [3.8, 4) is 0 Å². The van der Waals surface area contributed by atoms with Crippen LogP contribution in [0, 0.1) is 12.8 Å². The lowest BCUT2D eigenvalue weighted by atomic mass is 9.91. The van der Waals surface area contributed by atoms with E-state index < -0.39 is 0 Å². The fourth-order valence-corrected chi connectivity index (χ4v) is 4.40. The molecule has 0 bridgehead atoms. The molecule has 9 nitrogen and oxygen atoms in total. The number of hydrogen-bond donors (Lipinski definition) is 1. The zero-order valence-electron chi connectivity index (χ0n) is 17.1. The molecule has 1 aliphatic carbocycles. The number of anilines is 2.